The molecule has 3 aromatic carbocycles. The summed E-state index contributed by atoms with van der Waals surface area (Å²) in [6, 6.07) is 26.4. The van der Waals surface area contributed by atoms with Gasteiger partial charge in [-0.25, -0.2) is 4.98 Å². The molecule has 0 fully saturated rings. The number of fused-ring (bicyclic) bond motifs is 1. The van der Waals surface area contributed by atoms with Crippen LogP contribution in [0.2, 0.25) is 0 Å². The van der Waals surface area contributed by atoms with Gasteiger partial charge >= 0.3 is 0 Å². The molecular formula is C23H22N2O2. The van der Waals surface area contributed by atoms with Crippen LogP contribution in [0.1, 0.15) is 11.4 Å². The molecular weight excluding hydrogens is 336 g/mol. The van der Waals surface area contributed by atoms with Crippen molar-refractivity contribution in [2.24, 2.45) is 0 Å². The Labute approximate surface area is 159 Å². The lowest BCUT2D eigenvalue weighted by atomic mass is 10.1. The van der Waals surface area contributed by atoms with Crippen molar-refractivity contribution in [2.45, 2.75) is 13.0 Å². The fourth-order valence-corrected chi connectivity index (χ4v) is 3.27. The first-order chi connectivity index (χ1) is 13.3. The Kier molecular flexibility index (Phi) is 5.06. The predicted octanol–water partition coefficient (Wildman–Crippen LogP) is 4.71. The first-order valence-corrected chi connectivity index (χ1v) is 9.09. The lowest BCUT2D eigenvalue weighted by Crippen LogP contribution is -2.12. The number of imidazole rings is 1. The normalized spacial score (nSPS) is 10.9. The third kappa shape index (κ3) is 3.80. The highest BCUT2D eigenvalue weighted by Crippen LogP contribution is 2.26. The Hall–Kier alpha value is -3.27. The van der Waals surface area contributed by atoms with E-state index in [1.54, 1.807) is 7.11 Å². The van der Waals surface area contributed by atoms with Gasteiger partial charge in [-0.15, -0.1) is 0 Å². The minimum absolute atomic E-state index is 0.544. The number of methoxy groups -OCH3 is 1. The van der Waals surface area contributed by atoms with E-state index in [1.165, 1.54) is 5.56 Å². The van der Waals surface area contributed by atoms with Crippen LogP contribution < -0.4 is 9.47 Å². The molecule has 136 valence electrons. The molecule has 4 aromatic rings. The van der Waals surface area contributed by atoms with Crippen molar-refractivity contribution in [3.8, 4) is 11.5 Å². The van der Waals surface area contributed by atoms with Crippen LogP contribution in [0, 0.1) is 0 Å². The topological polar surface area (TPSA) is 36.3 Å². The summed E-state index contributed by atoms with van der Waals surface area (Å²) >= 11 is 0. The van der Waals surface area contributed by atoms with Crippen molar-refractivity contribution < 1.29 is 9.47 Å². The third-order valence-corrected chi connectivity index (χ3v) is 4.58. The molecule has 0 aliphatic rings. The zero-order valence-electron chi connectivity index (χ0n) is 15.3. The van der Waals surface area contributed by atoms with Crippen molar-refractivity contribution in [1.82, 2.24) is 9.55 Å². The van der Waals surface area contributed by atoms with E-state index in [0.29, 0.717) is 6.61 Å². The molecule has 1 aromatic heterocycles. The van der Waals surface area contributed by atoms with Gasteiger partial charge in [-0.1, -0.05) is 54.6 Å². The van der Waals surface area contributed by atoms with Crippen LogP contribution in [0.15, 0.2) is 78.9 Å². The van der Waals surface area contributed by atoms with E-state index in [4.69, 9.17) is 14.5 Å². The molecule has 4 heteroatoms. The summed E-state index contributed by atoms with van der Waals surface area (Å²) in [7, 11) is 1.66. The summed E-state index contributed by atoms with van der Waals surface area (Å²) in [5, 5.41) is 0. The van der Waals surface area contributed by atoms with E-state index in [1.807, 2.05) is 42.5 Å². The second kappa shape index (κ2) is 7.96. The van der Waals surface area contributed by atoms with Crippen LogP contribution in [-0.2, 0) is 13.0 Å². The molecule has 0 bridgehead atoms. The molecule has 1 heterocycles. The van der Waals surface area contributed by atoms with E-state index in [2.05, 4.69) is 41.0 Å². The second-order valence-corrected chi connectivity index (χ2v) is 6.33. The first kappa shape index (κ1) is 17.2. The largest absolute Gasteiger partial charge is 0.493 e. The Morgan fingerprint density at radius 3 is 2.33 bits per heavy atom. The zero-order valence-corrected chi connectivity index (χ0v) is 15.3. The molecule has 27 heavy (non-hydrogen) atoms. The van der Waals surface area contributed by atoms with E-state index < -0.39 is 0 Å². The second-order valence-electron chi connectivity index (χ2n) is 6.33. The van der Waals surface area contributed by atoms with Crippen LogP contribution >= 0.6 is 0 Å². The van der Waals surface area contributed by atoms with Crippen molar-refractivity contribution in [3.05, 3.63) is 90.3 Å². The Morgan fingerprint density at radius 1 is 0.815 bits per heavy atom. The summed E-state index contributed by atoms with van der Waals surface area (Å²) in [5.74, 6) is 2.55. The minimum atomic E-state index is 0.544. The van der Waals surface area contributed by atoms with E-state index in [-0.39, 0.29) is 0 Å². The number of aromatic nitrogens is 2. The van der Waals surface area contributed by atoms with Crippen LogP contribution in [0.4, 0.5) is 0 Å². The number of nitrogens with zero attached hydrogens (tertiary/aromatic N) is 2. The third-order valence-electron chi connectivity index (χ3n) is 4.58. The molecule has 4 rings (SSSR count). The van der Waals surface area contributed by atoms with Gasteiger partial charge in [-0.3, -0.25) is 0 Å². The van der Waals surface area contributed by atoms with Gasteiger partial charge in [0.1, 0.15) is 12.4 Å². The van der Waals surface area contributed by atoms with Crippen molar-refractivity contribution in [1.29, 1.82) is 0 Å². The molecule has 0 atom stereocenters. The highest BCUT2D eigenvalue weighted by atomic mass is 16.5. The smallest absolute Gasteiger partial charge is 0.161 e. The molecule has 0 radical (unpaired) electrons. The number of para-hydroxylation sites is 4. The van der Waals surface area contributed by atoms with Gasteiger partial charge in [-0.2, -0.15) is 0 Å². The van der Waals surface area contributed by atoms with Gasteiger partial charge in [0.25, 0.3) is 0 Å². The number of rotatable bonds is 7. The molecule has 0 amide bonds. The zero-order chi connectivity index (χ0) is 18.5. The predicted molar refractivity (Wildman–Crippen MR) is 107 cm³/mol. The average molecular weight is 358 g/mol. The molecule has 0 saturated heterocycles. The number of benzene rings is 3. The van der Waals surface area contributed by atoms with E-state index >= 15 is 0 Å². The van der Waals surface area contributed by atoms with Crippen molar-refractivity contribution in [3.63, 3.8) is 0 Å². The molecule has 0 saturated carbocycles. The van der Waals surface area contributed by atoms with Gasteiger partial charge in [0.15, 0.2) is 11.5 Å². The Balaban J connectivity index is 1.57. The molecule has 0 N–H and O–H groups in total. The fourth-order valence-electron chi connectivity index (χ4n) is 3.27. The standard InChI is InChI=1S/C23H22N2O2/c1-26-21-13-7-8-14-22(21)27-16-15-25-20-12-6-5-11-19(20)24-23(25)17-18-9-3-2-4-10-18/h2-14H,15-17H2,1H3. The summed E-state index contributed by atoms with van der Waals surface area (Å²) < 4.78 is 13.6. The maximum Gasteiger partial charge on any atom is 0.161 e. The highest BCUT2D eigenvalue weighted by Gasteiger charge is 2.11. The molecule has 0 aliphatic heterocycles. The van der Waals surface area contributed by atoms with Gasteiger partial charge in [0, 0.05) is 6.42 Å². The first-order valence-electron chi connectivity index (χ1n) is 9.09. The maximum absolute atomic E-state index is 5.98. The highest BCUT2D eigenvalue weighted by molar-refractivity contribution is 5.76. The fraction of sp³-hybridized carbons (Fsp3) is 0.174. The number of ether oxygens (including phenoxy) is 2. The van der Waals surface area contributed by atoms with E-state index in [9.17, 15) is 0 Å². The van der Waals surface area contributed by atoms with Crippen LogP contribution in [0.5, 0.6) is 11.5 Å². The quantitative estimate of drug-likeness (QED) is 0.480. The lowest BCUT2D eigenvalue weighted by Gasteiger charge is -2.13. The van der Waals surface area contributed by atoms with E-state index in [0.717, 1.165) is 41.3 Å². The van der Waals surface area contributed by atoms with Gasteiger partial charge in [0.05, 0.1) is 24.7 Å². The summed E-state index contributed by atoms with van der Waals surface area (Å²) in [5.41, 5.74) is 3.40. The summed E-state index contributed by atoms with van der Waals surface area (Å²) in [6.07, 6.45) is 0.796. The van der Waals surface area contributed by atoms with Crippen LogP contribution in [0.25, 0.3) is 11.0 Å². The Bertz CT molecular complexity index is 1020. The monoisotopic (exact) mass is 358 g/mol. The lowest BCUT2D eigenvalue weighted by molar-refractivity contribution is 0.280. The van der Waals surface area contributed by atoms with Gasteiger partial charge in [-0.05, 0) is 29.8 Å². The van der Waals surface area contributed by atoms with Crippen LogP contribution in [-0.4, -0.2) is 23.3 Å². The molecule has 0 spiro atoms. The minimum Gasteiger partial charge on any atom is -0.493 e. The van der Waals surface area contributed by atoms with Gasteiger partial charge in [0.2, 0.25) is 0 Å². The Morgan fingerprint density at radius 2 is 1.52 bits per heavy atom. The maximum atomic E-state index is 5.98. The van der Waals surface area contributed by atoms with Crippen LogP contribution in [0.3, 0.4) is 0 Å². The number of hydrogen-bond acceptors (Lipinski definition) is 3. The summed E-state index contributed by atoms with van der Waals surface area (Å²) in [4.78, 5) is 4.85. The summed E-state index contributed by atoms with van der Waals surface area (Å²) in [6.45, 7) is 1.27. The molecule has 0 aliphatic carbocycles. The van der Waals surface area contributed by atoms with Crippen molar-refractivity contribution in [2.75, 3.05) is 13.7 Å². The molecule has 4 nitrogen and oxygen atoms in total. The van der Waals surface area contributed by atoms with Crippen molar-refractivity contribution >= 4 is 11.0 Å². The number of hydrogen-bond donors (Lipinski definition) is 0. The SMILES string of the molecule is COc1ccccc1OCCn1c(Cc2ccccc2)nc2ccccc21. The molecule has 0 unspecified atom stereocenters. The average Bonchev–Trinajstić information content (AvgIpc) is 3.06. The van der Waals surface area contributed by atoms with Gasteiger partial charge < -0.3 is 14.0 Å².